The van der Waals surface area contributed by atoms with E-state index in [1.807, 2.05) is 11.6 Å². The van der Waals surface area contributed by atoms with Crippen LogP contribution >= 0.6 is 0 Å². The number of benzene rings is 3. The molecule has 0 radical (unpaired) electrons. The molecule has 3 fully saturated rings. The van der Waals surface area contributed by atoms with Crippen LogP contribution < -0.4 is 0 Å². The predicted molar refractivity (Wildman–Crippen MR) is 274 cm³/mol. The summed E-state index contributed by atoms with van der Waals surface area (Å²) in [5.74, 6) is 1.66. The highest BCUT2D eigenvalue weighted by atomic mass is 19.4. The number of rotatable bonds is 6. The summed E-state index contributed by atoms with van der Waals surface area (Å²) in [5.41, 5.74) is -0.792. The summed E-state index contributed by atoms with van der Waals surface area (Å²) in [6.07, 6.45) is -9.55. The number of nitrogens with zero attached hydrogens (tertiary/aromatic N) is 13. The smallest absolute Gasteiger partial charge is 0.372 e. The van der Waals surface area contributed by atoms with E-state index < -0.39 is 35.2 Å². The Hall–Kier alpha value is -7.26. The molecule has 3 saturated heterocycles. The van der Waals surface area contributed by atoms with E-state index in [9.17, 15) is 53.9 Å². The van der Waals surface area contributed by atoms with Crippen LogP contribution in [-0.4, -0.2) is 148 Å². The van der Waals surface area contributed by atoms with Gasteiger partial charge in [0.05, 0.1) is 36.4 Å². The summed E-state index contributed by atoms with van der Waals surface area (Å²) >= 11 is 0. The maximum Gasteiger partial charge on any atom is 0.416 e. The number of likely N-dealkylation sites (N-methyl/N-ethyl adjacent to an activating group) is 1. The van der Waals surface area contributed by atoms with Crippen LogP contribution in [0.5, 0.6) is 0 Å². The van der Waals surface area contributed by atoms with Crippen molar-refractivity contribution in [3.63, 3.8) is 0 Å². The lowest BCUT2D eigenvalue weighted by Gasteiger charge is -2.33. The second-order valence-corrected chi connectivity index (χ2v) is 21.1. The van der Waals surface area contributed by atoms with Crippen LogP contribution in [0.3, 0.4) is 0 Å². The minimum absolute atomic E-state index is 0.189. The Bertz CT molecular complexity index is 3080. The van der Waals surface area contributed by atoms with Crippen LogP contribution in [0.15, 0.2) is 72.8 Å². The standard InChI is InChI=1S/C19H22F3N5O.2C18H19F3N4O2/c1-25-10-11-27-16(12-25)23-24-17(27)18(28)26-8-6-13(7-9-26)14-4-2-3-5-15(14)19(20,21)22;19-18(20,21)14-4-2-1-3-13(14)12-5-8-24(9-6-12)17(26)16-23-22-15-7-10-27-11-25(15)16;19-18(20,21)14-4-2-1-3-13(14)12-5-7-24(8-6-12)17(26)16-23-22-15-11-27-10-9-25(15)16/h2-5,13H,6-12H2,1H3;2*1-4,12H,5-11H2. The zero-order valence-corrected chi connectivity index (χ0v) is 44.8. The average Bonchev–Trinajstić information content (AvgIpc) is 4.40. The molecule has 12 rings (SSSR count). The zero-order valence-electron chi connectivity index (χ0n) is 44.8. The van der Waals surface area contributed by atoms with Gasteiger partial charge in [-0.2, -0.15) is 39.5 Å². The Balaban J connectivity index is 0.000000138. The molecule has 18 nitrogen and oxygen atoms in total. The Morgan fingerprint density at radius 1 is 0.439 bits per heavy atom. The molecular weight excluding hydrogens is 1090 g/mol. The van der Waals surface area contributed by atoms with Gasteiger partial charge in [-0.05, 0) is 98.2 Å². The highest BCUT2D eigenvalue weighted by Gasteiger charge is 2.40. The molecule has 6 aliphatic rings. The third-order valence-corrected chi connectivity index (χ3v) is 16.0. The van der Waals surface area contributed by atoms with Gasteiger partial charge in [-0.15, -0.1) is 30.6 Å². The Kier molecular flexibility index (Phi) is 17.2. The van der Waals surface area contributed by atoms with E-state index in [1.165, 1.54) is 24.3 Å². The molecule has 3 aromatic heterocycles. The van der Waals surface area contributed by atoms with Gasteiger partial charge in [0.25, 0.3) is 17.7 Å². The molecule has 0 N–H and O–H groups in total. The fourth-order valence-corrected chi connectivity index (χ4v) is 11.7. The molecule has 3 aromatic carbocycles. The molecule has 0 spiro atoms. The summed E-state index contributed by atoms with van der Waals surface area (Å²) in [4.78, 5) is 45.5. The van der Waals surface area contributed by atoms with Crippen LogP contribution in [0.25, 0.3) is 0 Å². The van der Waals surface area contributed by atoms with Crippen molar-refractivity contribution in [2.45, 2.75) is 114 Å². The highest BCUT2D eigenvalue weighted by molar-refractivity contribution is 5.92. The van der Waals surface area contributed by atoms with Crippen LogP contribution in [0.4, 0.5) is 39.5 Å². The minimum Gasteiger partial charge on any atom is -0.372 e. The molecule has 27 heteroatoms. The molecule has 0 unspecified atom stereocenters. The van der Waals surface area contributed by atoms with Crippen molar-refractivity contribution in [2.75, 3.05) is 66.1 Å². The first kappa shape index (κ1) is 58.0. The van der Waals surface area contributed by atoms with Gasteiger partial charge < -0.3 is 33.3 Å². The molecule has 0 saturated carbocycles. The fourth-order valence-electron chi connectivity index (χ4n) is 11.7. The van der Waals surface area contributed by atoms with E-state index in [-0.39, 0.29) is 53.9 Å². The van der Waals surface area contributed by atoms with Gasteiger partial charge in [-0.25, -0.2) is 0 Å². The normalized spacial score (nSPS) is 18.6. The number of carbonyl (C=O) groups excluding carboxylic acids is 3. The number of likely N-dealkylation sites (tertiary alicyclic amines) is 3. The van der Waals surface area contributed by atoms with Crippen molar-refractivity contribution in [3.05, 3.63) is 141 Å². The molecule has 0 aliphatic carbocycles. The van der Waals surface area contributed by atoms with Crippen molar-refractivity contribution < 1.29 is 63.4 Å². The van der Waals surface area contributed by atoms with E-state index in [0.717, 1.165) is 36.4 Å². The number of halogens is 9. The lowest BCUT2D eigenvalue weighted by Crippen LogP contribution is -2.40. The Labute approximate surface area is 465 Å². The lowest BCUT2D eigenvalue weighted by molar-refractivity contribution is -0.139. The monoisotopic (exact) mass is 1150 g/mol. The quantitative estimate of drug-likeness (QED) is 0.146. The van der Waals surface area contributed by atoms with Gasteiger partial charge in [-0.1, -0.05) is 54.6 Å². The van der Waals surface area contributed by atoms with E-state index in [0.29, 0.717) is 152 Å². The minimum atomic E-state index is -4.37. The first-order chi connectivity index (χ1) is 39.2. The molecule has 0 atom stereocenters. The Morgan fingerprint density at radius 2 is 0.817 bits per heavy atom. The Morgan fingerprint density at radius 3 is 1.24 bits per heavy atom. The number of carbonyl (C=O) groups is 3. The number of aromatic nitrogens is 9. The van der Waals surface area contributed by atoms with E-state index in [4.69, 9.17) is 9.47 Å². The van der Waals surface area contributed by atoms with Gasteiger partial charge in [0.2, 0.25) is 17.5 Å². The number of piperidine rings is 3. The van der Waals surface area contributed by atoms with Crippen molar-refractivity contribution in [1.29, 1.82) is 0 Å². The second kappa shape index (κ2) is 24.3. The predicted octanol–water partition coefficient (Wildman–Crippen LogP) is 8.46. The number of hydrogen-bond donors (Lipinski definition) is 0. The molecule has 6 aliphatic heterocycles. The van der Waals surface area contributed by atoms with Gasteiger partial charge in [0, 0.05) is 65.3 Å². The number of hydrogen-bond acceptors (Lipinski definition) is 12. The van der Waals surface area contributed by atoms with Crippen molar-refractivity contribution >= 4 is 17.7 Å². The SMILES string of the molecule is CN1CCn2c(nnc2C(=O)N2CCC(c3ccccc3C(F)(F)F)CC2)C1.O=C(c1nnc2n1CCOC2)N1CCC(c2ccccc2C(F)(F)F)CC1.O=C(c1nnc2n1COCC2)N1CCC(c2ccccc2C(F)(F)F)CC1. The summed E-state index contributed by atoms with van der Waals surface area (Å²) in [6, 6.07) is 17.1. The molecule has 6 aromatic rings. The first-order valence-corrected chi connectivity index (χ1v) is 27.2. The van der Waals surface area contributed by atoms with Crippen LogP contribution in [-0.2, 0) is 67.4 Å². The summed E-state index contributed by atoms with van der Waals surface area (Å²) in [7, 11) is 1.99. The molecular formula is C55H60F9N13O5. The first-order valence-electron chi connectivity index (χ1n) is 27.2. The maximum atomic E-state index is 13.3. The van der Waals surface area contributed by atoms with Crippen molar-refractivity contribution in [2.24, 2.45) is 0 Å². The maximum absolute atomic E-state index is 13.3. The van der Waals surface area contributed by atoms with Crippen LogP contribution in [0.1, 0.15) is 139 Å². The molecule has 9 heterocycles. The zero-order chi connectivity index (χ0) is 57.9. The topological polar surface area (TPSA) is 175 Å². The second-order valence-electron chi connectivity index (χ2n) is 21.1. The number of fused-ring (bicyclic) bond motifs is 3. The summed E-state index contributed by atoms with van der Waals surface area (Å²) in [5, 5.41) is 24.2. The highest BCUT2D eigenvalue weighted by Crippen LogP contribution is 2.42. The lowest BCUT2D eigenvalue weighted by atomic mass is 9.86. The average molecular weight is 1150 g/mol. The third-order valence-electron chi connectivity index (χ3n) is 16.0. The van der Waals surface area contributed by atoms with Gasteiger partial charge in [-0.3, -0.25) is 23.9 Å². The summed E-state index contributed by atoms with van der Waals surface area (Å²) in [6.45, 7) is 6.69. The summed E-state index contributed by atoms with van der Waals surface area (Å²) < 4.78 is 135. The number of amides is 3. The van der Waals surface area contributed by atoms with E-state index in [2.05, 4.69) is 35.5 Å². The molecule has 438 valence electrons. The third kappa shape index (κ3) is 12.7. The van der Waals surface area contributed by atoms with Gasteiger partial charge >= 0.3 is 18.5 Å². The van der Waals surface area contributed by atoms with E-state index in [1.54, 1.807) is 54.2 Å². The largest absolute Gasteiger partial charge is 0.416 e. The van der Waals surface area contributed by atoms with Gasteiger partial charge in [0.15, 0.2) is 5.82 Å². The van der Waals surface area contributed by atoms with Crippen molar-refractivity contribution in [1.82, 2.24) is 63.9 Å². The van der Waals surface area contributed by atoms with Crippen molar-refractivity contribution in [3.8, 4) is 0 Å². The fraction of sp³-hybridized carbons (Fsp3) is 0.509. The molecule has 0 bridgehead atoms. The van der Waals surface area contributed by atoms with Crippen LogP contribution in [0.2, 0.25) is 0 Å². The van der Waals surface area contributed by atoms with E-state index >= 15 is 0 Å². The number of ether oxygens (including phenoxy) is 2. The molecule has 82 heavy (non-hydrogen) atoms. The molecule has 3 amide bonds. The number of alkyl halides is 9. The van der Waals surface area contributed by atoms with Gasteiger partial charge in [0.1, 0.15) is 25.0 Å². The van der Waals surface area contributed by atoms with Crippen LogP contribution in [0, 0.1) is 0 Å².